The predicted octanol–water partition coefficient (Wildman–Crippen LogP) is 3.44. The van der Waals surface area contributed by atoms with E-state index in [1.165, 1.54) is 0 Å². The number of nitrogens with one attached hydrogen (secondary N) is 1. The lowest BCUT2D eigenvalue weighted by atomic mass is 10.2. The van der Waals surface area contributed by atoms with Crippen LogP contribution in [-0.2, 0) is 5.33 Å². The van der Waals surface area contributed by atoms with Crippen molar-refractivity contribution < 1.29 is 9.21 Å². The Bertz CT molecular complexity index is 561. The third-order valence-electron chi connectivity index (χ3n) is 2.48. The maximum Gasteiger partial charge on any atom is 0.293 e. The molecule has 4 nitrogen and oxygen atoms in total. The molecule has 94 valence electrons. The minimum atomic E-state index is -0.278. The normalized spacial score (nSPS) is 10.4. The van der Waals surface area contributed by atoms with E-state index in [1.807, 2.05) is 24.3 Å². The molecule has 0 aliphatic rings. The van der Waals surface area contributed by atoms with Crippen molar-refractivity contribution in [2.24, 2.45) is 0 Å². The molecule has 0 atom stereocenters. The number of anilines is 1. The zero-order chi connectivity index (χ0) is 13.1. The van der Waals surface area contributed by atoms with E-state index >= 15 is 0 Å². The molecular weight excluding hydrogens is 296 g/mol. The lowest BCUT2D eigenvalue weighted by Crippen LogP contribution is -2.12. The fourth-order valence-corrected chi connectivity index (χ4v) is 1.98. The molecule has 1 aromatic carbocycles. The van der Waals surface area contributed by atoms with E-state index in [9.17, 15) is 4.79 Å². The molecule has 0 spiro atoms. The van der Waals surface area contributed by atoms with Gasteiger partial charge in [0.1, 0.15) is 0 Å². The zero-order valence-electron chi connectivity index (χ0n) is 10.2. The molecule has 1 heterocycles. The second kappa shape index (κ2) is 5.35. The van der Waals surface area contributed by atoms with Gasteiger partial charge in [0.2, 0.25) is 5.76 Å². The number of aromatic nitrogens is 1. The number of carbonyl (C=O) groups excluding carboxylic acids is 1. The quantitative estimate of drug-likeness (QED) is 0.884. The van der Waals surface area contributed by atoms with Crippen LogP contribution in [0.4, 0.5) is 5.69 Å². The standard InChI is InChI=1S/C13H13BrN2O2/c1-8-12(18-9(2)15-8)13(17)16-11-5-3-10(7-14)4-6-11/h3-6H,7H2,1-2H3,(H,16,17). The molecule has 18 heavy (non-hydrogen) atoms. The summed E-state index contributed by atoms with van der Waals surface area (Å²) in [6.07, 6.45) is 0. The lowest BCUT2D eigenvalue weighted by Gasteiger charge is -2.04. The summed E-state index contributed by atoms with van der Waals surface area (Å²) in [4.78, 5) is 16.0. The maximum atomic E-state index is 11.9. The van der Waals surface area contributed by atoms with E-state index in [4.69, 9.17) is 4.42 Å². The maximum absolute atomic E-state index is 11.9. The third-order valence-corrected chi connectivity index (χ3v) is 3.12. The number of aryl methyl sites for hydroxylation is 2. The van der Waals surface area contributed by atoms with Gasteiger partial charge in [-0.25, -0.2) is 4.98 Å². The van der Waals surface area contributed by atoms with E-state index in [1.54, 1.807) is 13.8 Å². The number of amides is 1. The number of oxazole rings is 1. The topological polar surface area (TPSA) is 55.1 Å². The Morgan fingerprint density at radius 2 is 2.00 bits per heavy atom. The van der Waals surface area contributed by atoms with Gasteiger partial charge in [-0.2, -0.15) is 0 Å². The first-order valence-electron chi connectivity index (χ1n) is 5.50. The molecule has 0 aliphatic carbocycles. The van der Waals surface area contributed by atoms with Crippen molar-refractivity contribution in [3.05, 3.63) is 47.2 Å². The number of hydrogen-bond donors (Lipinski definition) is 1. The number of rotatable bonds is 3. The van der Waals surface area contributed by atoms with E-state index < -0.39 is 0 Å². The Kier molecular flexibility index (Phi) is 3.81. The minimum absolute atomic E-state index is 0.261. The zero-order valence-corrected chi connectivity index (χ0v) is 11.7. The highest BCUT2D eigenvalue weighted by Crippen LogP contribution is 2.15. The fraction of sp³-hybridized carbons (Fsp3) is 0.231. The predicted molar refractivity (Wildman–Crippen MR) is 73.0 cm³/mol. The fourth-order valence-electron chi connectivity index (χ4n) is 1.61. The van der Waals surface area contributed by atoms with Crippen molar-refractivity contribution in [3.63, 3.8) is 0 Å². The van der Waals surface area contributed by atoms with Gasteiger partial charge in [-0.3, -0.25) is 4.79 Å². The Labute approximate surface area is 114 Å². The Balaban J connectivity index is 2.13. The summed E-state index contributed by atoms with van der Waals surface area (Å²) in [5.74, 6) is 0.476. The summed E-state index contributed by atoms with van der Waals surface area (Å²) in [7, 11) is 0. The average Bonchev–Trinajstić information content (AvgIpc) is 2.69. The summed E-state index contributed by atoms with van der Waals surface area (Å²) in [6.45, 7) is 3.47. The van der Waals surface area contributed by atoms with Gasteiger partial charge in [0.15, 0.2) is 5.89 Å². The molecule has 0 aliphatic heterocycles. The molecule has 0 fully saturated rings. The minimum Gasteiger partial charge on any atom is -0.436 e. The van der Waals surface area contributed by atoms with Gasteiger partial charge in [0.05, 0.1) is 5.69 Å². The molecule has 0 radical (unpaired) electrons. The van der Waals surface area contributed by atoms with Crippen molar-refractivity contribution in [3.8, 4) is 0 Å². The first kappa shape index (κ1) is 12.8. The number of hydrogen-bond acceptors (Lipinski definition) is 3. The first-order valence-corrected chi connectivity index (χ1v) is 6.62. The molecule has 2 aromatic rings. The van der Waals surface area contributed by atoms with Crippen LogP contribution in [0.5, 0.6) is 0 Å². The van der Waals surface area contributed by atoms with Gasteiger partial charge < -0.3 is 9.73 Å². The van der Waals surface area contributed by atoms with Gasteiger partial charge in [-0.05, 0) is 24.6 Å². The number of halogens is 1. The van der Waals surface area contributed by atoms with E-state index in [2.05, 4.69) is 26.2 Å². The lowest BCUT2D eigenvalue weighted by molar-refractivity contribution is 0.0994. The van der Waals surface area contributed by atoms with Crippen molar-refractivity contribution >= 4 is 27.5 Å². The van der Waals surface area contributed by atoms with Crippen LogP contribution in [0.25, 0.3) is 0 Å². The molecule has 0 bridgehead atoms. The molecule has 5 heteroatoms. The van der Waals surface area contributed by atoms with Crippen LogP contribution in [0.2, 0.25) is 0 Å². The van der Waals surface area contributed by atoms with Crippen LogP contribution < -0.4 is 5.32 Å². The number of benzene rings is 1. The van der Waals surface area contributed by atoms with Gasteiger partial charge in [0, 0.05) is 17.9 Å². The van der Waals surface area contributed by atoms with Crippen molar-refractivity contribution in [2.75, 3.05) is 5.32 Å². The van der Waals surface area contributed by atoms with Gasteiger partial charge in [-0.15, -0.1) is 0 Å². The highest BCUT2D eigenvalue weighted by molar-refractivity contribution is 9.08. The third kappa shape index (κ3) is 2.79. The SMILES string of the molecule is Cc1nc(C)c(C(=O)Nc2ccc(CBr)cc2)o1. The Morgan fingerprint density at radius 1 is 1.33 bits per heavy atom. The Hall–Kier alpha value is -1.62. The molecule has 0 unspecified atom stereocenters. The summed E-state index contributed by atoms with van der Waals surface area (Å²) >= 11 is 3.37. The van der Waals surface area contributed by atoms with Crippen LogP contribution in [0.3, 0.4) is 0 Å². The number of alkyl halides is 1. The second-order valence-electron chi connectivity index (χ2n) is 3.93. The number of nitrogens with zero attached hydrogens (tertiary/aromatic N) is 1. The summed E-state index contributed by atoms with van der Waals surface area (Å²) in [5.41, 5.74) is 2.49. The van der Waals surface area contributed by atoms with Crippen LogP contribution in [0.15, 0.2) is 28.7 Å². The summed E-state index contributed by atoms with van der Waals surface area (Å²) < 4.78 is 5.26. The van der Waals surface area contributed by atoms with E-state index in [0.29, 0.717) is 11.6 Å². The monoisotopic (exact) mass is 308 g/mol. The van der Waals surface area contributed by atoms with Crippen molar-refractivity contribution in [1.29, 1.82) is 0 Å². The highest BCUT2D eigenvalue weighted by Gasteiger charge is 2.15. The van der Waals surface area contributed by atoms with E-state index in [0.717, 1.165) is 16.6 Å². The average molecular weight is 309 g/mol. The van der Waals surface area contributed by atoms with Gasteiger partial charge in [-0.1, -0.05) is 28.1 Å². The van der Waals surface area contributed by atoms with Crippen molar-refractivity contribution in [2.45, 2.75) is 19.2 Å². The smallest absolute Gasteiger partial charge is 0.293 e. The molecule has 1 amide bonds. The number of carbonyl (C=O) groups is 1. The first-order chi connectivity index (χ1) is 8.60. The van der Waals surface area contributed by atoms with Gasteiger partial charge >= 0.3 is 0 Å². The van der Waals surface area contributed by atoms with Crippen LogP contribution in [-0.4, -0.2) is 10.9 Å². The van der Waals surface area contributed by atoms with E-state index in [-0.39, 0.29) is 11.7 Å². The molecular formula is C13H13BrN2O2. The molecule has 0 saturated heterocycles. The molecule has 0 saturated carbocycles. The molecule has 1 N–H and O–H groups in total. The van der Waals surface area contributed by atoms with Gasteiger partial charge in [0.25, 0.3) is 5.91 Å². The van der Waals surface area contributed by atoms with Crippen LogP contribution >= 0.6 is 15.9 Å². The Morgan fingerprint density at radius 3 is 2.50 bits per heavy atom. The second-order valence-corrected chi connectivity index (χ2v) is 4.49. The summed E-state index contributed by atoms with van der Waals surface area (Å²) in [6, 6.07) is 7.60. The molecule has 2 rings (SSSR count). The summed E-state index contributed by atoms with van der Waals surface area (Å²) in [5, 5.41) is 3.57. The highest BCUT2D eigenvalue weighted by atomic mass is 79.9. The van der Waals surface area contributed by atoms with Crippen molar-refractivity contribution in [1.82, 2.24) is 4.98 Å². The van der Waals surface area contributed by atoms with Crippen LogP contribution in [0, 0.1) is 13.8 Å². The van der Waals surface area contributed by atoms with Crippen LogP contribution in [0.1, 0.15) is 27.7 Å². The molecule has 1 aromatic heterocycles. The largest absolute Gasteiger partial charge is 0.436 e.